The van der Waals surface area contributed by atoms with Gasteiger partial charge >= 0.3 is 0 Å². The Morgan fingerprint density at radius 1 is 0.205 bits per heavy atom. The first kappa shape index (κ1) is 64.5. The first-order valence-electron chi connectivity index (χ1n) is 40.9. The second-order valence-electron chi connectivity index (χ2n) is 32.7. The maximum Gasteiger partial charge on any atom is 0.252 e. The molecule has 2 aliphatic heterocycles. The van der Waals surface area contributed by atoms with E-state index in [2.05, 4.69) is 414 Å². The van der Waals surface area contributed by atoms with Crippen molar-refractivity contribution in [3.05, 3.63) is 387 Å². The fraction of sp³-hybridized carbons (Fsp3) is 0.0270. The van der Waals surface area contributed by atoms with Gasteiger partial charge in [-0.3, -0.25) is 0 Å². The number of anilines is 6. The number of nitrogens with zero attached hydrogens (tertiary/aromatic N) is 5. The standard InChI is InChI=1S/C111H70BN5/c1-65-53-66(2)105(67(3)54-65)76-63-103-106-104(64-76)117(108-79(74-57-89-83-35-15-21-45-97(83)114-98-46-22-16-36-84(98)90(58-74)110(89)114)41-26-42-80(108)75-59-91-85-37-17-23-47-99(85)115-100-48-24-18-38-86(100)92(60-75)111(91)115)102-52-50-72(69-29-9-5-10-30-69)62-94(102)112(106)93-61-71(68-27-7-4-8-28-68)49-51-101(93)116(103)107-77(70-31-11-6-12-32-70)39-25-40-78(107)73-55-87-81-33-13-19-43-95(81)113-96-44-20-14-34-82(96)88(56-73)109(87)113/h4-64H,1-3H3. The van der Waals surface area contributed by atoms with Crippen LogP contribution >= 0.6 is 0 Å². The van der Waals surface area contributed by atoms with Crippen LogP contribution in [0.4, 0.5) is 34.1 Å². The Labute approximate surface area is 675 Å². The third-order valence-electron chi connectivity index (χ3n) is 26.4. The van der Waals surface area contributed by atoms with Gasteiger partial charge in [-0.2, -0.15) is 0 Å². The number of hydrogen-bond donors (Lipinski definition) is 0. The zero-order valence-corrected chi connectivity index (χ0v) is 64.5. The highest BCUT2D eigenvalue weighted by Gasteiger charge is 2.46. The molecule has 0 atom stereocenters. The zero-order chi connectivity index (χ0) is 76.7. The molecular weight excluding hydrogens is 1410 g/mol. The van der Waals surface area contributed by atoms with E-state index in [-0.39, 0.29) is 6.71 Å². The van der Waals surface area contributed by atoms with E-state index in [0.717, 1.165) is 95.3 Å². The van der Waals surface area contributed by atoms with Crippen molar-refractivity contribution < 1.29 is 0 Å². The Morgan fingerprint density at radius 3 is 0.821 bits per heavy atom. The van der Waals surface area contributed by atoms with Crippen molar-refractivity contribution in [1.82, 2.24) is 13.2 Å². The molecule has 0 N–H and O–H groups in total. The molecule has 5 nitrogen and oxygen atoms in total. The summed E-state index contributed by atoms with van der Waals surface area (Å²) in [6.45, 7) is 6.61. The van der Waals surface area contributed by atoms with Crippen molar-refractivity contribution in [2.24, 2.45) is 0 Å². The number of rotatable bonds is 9. The molecule has 0 saturated carbocycles. The molecule has 6 heteroatoms. The van der Waals surface area contributed by atoms with Crippen molar-refractivity contribution in [1.29, 1.82) is 0 Å². The minimum atomic E-state index is -0.295. The Morgan fingerprint density at radius 2 is 0.496 bits per heavy atom. The summed E-state index contributed by atoms with van der Waals surface area (Å²) in [4.78, 5) is 5.51. The van der Waals surface area contributed by atoms with E-state index in [9.17, 15) is 0 Å². The summed E-state index contributed by atoms with van der Waals surface area (Å²) in [6.07, 6.45) is 0. The van der Waals surface area contributed by atoms with Gasteiger partial charge < -0.3 is 23.0 Å². The number of aromatic nitrogens is 3. The van der Waals surface area contributed by atoms with Gasteiger partial charge in [-0.25, -0.2) is 0 Å². The molecule has 6 aromatic heterocycles. The van der Waals surface area contributed by atoms with Gasteiger partial charge in [0.1, 0.15) is 0 Å². The molecule has 117 heavy (non-hydrogen) atoms. The van der Waals surface area contributed by atoms with E-state index in [1.165, 1.54) is 164 Å². The third-order valence-corrected chi connectivity index (χ3v) is 26.4. The van der Waals surface area contributed by atoms with Crippen LogP contribution in [0.3, 0.4) is 0 Å². The lowest BCUT2D eigenvalue weighted by Crippen LogP contribution is -2.61. The van der Waals surface area contributed by atoms with E-state index < -0.39 is 0 Å². The predicted molar refractivity (Wildman–Crippen MR) is 497 cm³/mol. The van der Waals surface area contributed by atoms with Gasteiger partial charge in [0.15, 0.2) is 0 Å². The van der Waals surface area contributed by atoms with Gasteiger partial charge in [-0.15, -0.1) is 0 Å². The summed E-state index contributed by atoms with van der Waals surface area (Å²) in [7, 11) is 0. The van der Waals surface area contributed by atoms with Gasteiger partial charge in [0, 0.05) is 110 Å². The summed E-state index contributed by atoms with van der Waals surface area (Å²) in [6, 6.07) is 142. The van der Waals surface area contributed by atoms with Crippen LogP contribution in [-0.4, -0.2) is 19.9 Å². The van der Waals surface area contributed by atoms with Crippen LogP contribution in [0.1, 0.15) is 16.7 Å². The smallest absolute Gasteiger partial charge is 0.252 e. The molecule has 18 aromatic carbocycles. The fourth-order valence-corrected chi connectivity index (χ4v) is 21.8. The van der Waals surface area contributed by atoms with E-state index in [1.54, 1.807) is 0 Å². The second-order valence-corrected chi connectivity index (χ2v) is 32.7. The molecule has 542 valence electrons. The van der Waals surface area contributed by atoms with Crippen LogP contribution in [0.5, 0.6) is 0 Å². The van der Waals surface area contributed by atoms with Crippen LogP contribution in [0.2, 0.25) is 0 Å². The summed E-state index contributed by atoms with van der Waals surface area (Å²) in [5.74, 6) is 0. The maximum atomic E-state index is 2.77. The minimum Gasteiger partial charge on any atom is -0.310 e. The van der Waals surface area contributed by atoms with Crippen LogP contribution in [0.25, 0.3) is 192 Å². The van der Waals surface area contributed by atoms with E-state index >= 15 is 0 Å². The topological polar surface area (TPSA) is 19.7 Å². The SMILES string of the molecule is Cc1cc(C)c(-c2cc3c4c(c2)N(c2c(-c5cc6c7ccccc7n7c8ccccc8c(c5)c67)cccc2-c2cc5c6ccccc6n6c7ccccc7c(c2)c56)c2ccc(-c5ccccc5)cc2B4c2cc(-c4ccccc4)ccc2N3c2c(-c3ccccc3)cccc2-c2cc3c4ccccc4n4c5ccccc5c(c2)c34)c(C)c1. The summed E-state index contributed by atoms with van der Waals surface area (Å²) >= 11 is 0. The number of para-hydroxylation sites is 8. The number of aryl methyl sites for hydroxylation is 3. The van der Waals surface area contributed by atoms with Crippen molar-refractivity contribution in [2.75, 3.05) is 9.80 Å². The lowest BCUT2D eigenvalue weighted by atomic mass is 9.33. The van der Waals surface area contributed by atoms with Gasteiger partial charge in [-0.1, -0.05) is 279 Å². The number of fused-ring (bicyclic) bond motifs is 22. The Bertz CT molecular complexity index is 7900. The van der Waals surface area contributed by atoms with Gasteiger partial charge in [0.25, 0.3) is 6.71 Å². The summed E-state index contributed by atoms with van der Waals surface area (Å²) in [5.41, 5.74) is 41.3. The molecule has 0 fully saturated rings. The molecule has 0 saturated heterocycles. The molecule has 0 spiro atoms. The molecule has 0 aliphatic carbocycles. The van der Waals surface area contributed by atoms with Crippen LogP contribution < -0.4 is 26.2 Å². The molecule has 0 amide bonds. The average molecular weight is 1480 g/mol. The second kappa shape index (κ2) is 24.0. The van der Waals surface area contributed by atoms with Crippen molar-refractivity contribution >= 4 is 172 Å². The molecule has 24 aromatic rings. The predicted octanol–water partition coefficient (Wildman–Crippen LogP) is 27.8. The lowest BCUT2D eigenvalue weighted by Gasteiger charge is -2.46. The molecule has 26 rings (SSSR count). The monoisotopic (exact) mass is 1480 g/mol. The lowest BCUT2D eigenvalue weighted by molar-refractivity contribution is 1.25. The normalized spacial score (nSPS) is 12.9. The molecule has 0 bridgehead atoms. The first-order chi connectivity index (χ1) is 57.8. The highest BCUT2D eigenvalue weighted by atomic mass is 15.2. The van der Waals surface area contributed by atoms with E-state index in [0.29, 0.717) is 0 Å². The Balaban J connectivity index is 0.846. The Kier molecular flexibility index (Phi) is 13.3. The van der Waals surface area contributed by atoms with Gasteiger partial charge in [0.2, 0.25) is 0 Å². The molecule has 0 unspecified atom stereocenters. The first-order valence-corrected chi connectivity index (χ1v) is 40.9. The third kappa shape index (κ3) is 8.93. The molecule has 0 radical (unpaired) electrons. The van der Waals surface area contributed by atoms with Gasteiger partial charge in [0.05, 0.1) is 61.0 Å². The van der Waals surface area contributed by atoms with Crippen molar-refractivity contribution in [2.45, 2.75) is 20.8 Å². The molecule has 8 heterocycles. The maximum absolute atomic E-state index is 2.77. The quantitative estimate of drug-likeness (QED) is 0.134. The Hall–Kier alpha value is -15.0. The van der Waals surface area contributed by atoms with Crippen LogP contribution in [0.15, 0.2) is 370 Å². The largest absolute Gasteiger partial charge is 0.310 e. The number of benzene rings is 18. The van der Waals surface area contributed by atoms with Crippen molar-refractivity contribution in [3.63, 3.8) is 0 Å². The zero-order valence-electron chi connectivity index (χ0n) is 64.5. The molecular formula is C111H70BN5. The van der Waals surface area contributed by atoms with Gasteiger partial charge in [-0.05, 0) is 201 Å². The molecule has 2 aliphatic rings. The minimum absolute atomic E-state index is 0.295. The highest BCUT2D eigenvalue weighted by molar-refractivity contribution is 7.00. The van der Waals surface area contributed by atoms with Crippen molar-refractivity contribution in [3.8, 4) is 77.9 Å². The van der Waals surface area contributed by atoms with E-state index in [4.69, 9.17) is 0 Å². The average Bonchev–Trinajstić information content (AvgIpc) is 1.55. The van der Waals surface area contributed by atoms with E-state index in [1.807, 2.05) is 0 Å². The fourth-order valence-electron chi connectivity index (χ4n) is 21.8. The summed E-state index contributed by atoms with van der Waals surface area (Å²) < 4.78 is 7.53. The van der Waals surface area contributed by atoms with Crippen LogP contribution in [0, 0.1) is 20.8 Å². The number of hydrogen-bond acceptors (Lipinski definition) is 2. The highest BCUT2D eigenvalue weighted by Crippen LogP contribution is 2.57. The van der Waals surface area contributed by atoms with Crippen LogP contribution in [-0.2, 0) is 0 Å². The summed E-state index contributed by atoms with van der Waals surface area (Å²) in [5, 5.41) is 14.8.